The molecule has 1 fully saturated rings. The first-order valence-corrected chi connectivity index (χ1v) is 6.99. The van der Waals surface area contributed by atoms with Gasteiger partial charge in [0.2, 0.25) is 0 Å². The number of anilines is 1. The Bertz CT molecular complexity index is 575. The molecule has 1 saturated heterocycles. The highest BCUT2D eigenvalue weighted by Crippen LogP contribution is 2.38. The van der Waals surface area contributed by atoms with Crippen LogP contribution >= 0.6 is 0 Å². The van der Waals surface area contributed by atoms with Gasteiger partial charge in [-0.25, -0.2) is 4.98 Å². The summed E-state index contributed by atoms with van der Waals surface area (Å²) in [7, 11) is 0. The van der Waals surface area contributed by atoms with E-state index in [4.69, 9.17) is 0 Å². The number of hydrogen-bond acceptors (Lipinski definition) is 5. The van der Waals surface area contributed by atoms with Gasteiger partial charge in [0, 0.05) is 19.2 Å². The summed E-state index contributed by atoms with van der Waals surface area (Å²) in [6, 6.07) is 1.48. The second-order valence-corrected chi connectivity index (χ2v) is 5.60. The summed E-state index contributed by atoms with van der Waals surface area (Å²) in [4.78, 5) is 27.9. The van der Waals surface area contributed by atoms with Crippen molar-refractivity contribution in [1.82, 2.24) is 4.98 Å². The lowest BCUT2D eigenvalue weighted by Crippen LogP contribution is -2.35. The lowest BCUT2D eigenvalue weighted by Gasteiger charge is -2.25. The minimum absolute atomic E-state index is 0.0477. The minimum Gasteiger partial charge on any atom is -0.481 e. The highest BCUT2D eigenvalue weighted by molar-refractivity contribution is 5.76. The van der Waals surface area contributed by atoms with E-state index in [1.165, 1.54) is 12.3 Å². The minimum atomic E-state index is -0.772. The average Bonchev–Trinajstić information content (AvgIpc) is 2.84. The molecule has 2 heterocycles. The molecule has 7 heteroatoms. The van der Waals surface area contributed by atoms with E-state index in [1.54, 1.807) is 6.92 Å². The second-order valence-electron chi connectivity index (χ2n) is 5.60. The molecule has 0 bridgehead atoms. The lowest BCUT2D eigenvalue weighted by molar-refractivity contribution is -0.385. The van der Waals surface area contributed by atoms with E-state index in [0.29, 0.717) is 37.3 Å². The van der Waals surface area contributed by atoms with Crippen LogP contribution in [0.25, 0.3) is 0 Å². The van der Waals surface area contributed by atoms with Crippen LogP contribution in [0.1, 0.15) is 31.7 Å². The molecular weight excluding hydrogens is 274 g/mol. The summed E-state index contributed by atoms with van der Waals surface area (Å²) in [5.41, 5.74) is -0.0830. The van der Waals surface area contributed by atoms with Crippen molar-refractivity contribution in [2.45, 2.75) is 33.1 Å². The third-order valence-electron chi connectivity index (χ3n) is 4.08. The predicted octanol–water partition coefficient (Wildman–Crippen LogP) is 2.38. The number of carbonyl (C=O) groups is 1. The Labute approximate surface area is 122 Å². The van der Waals surface area contributed by atoms with Crippen molar-refractivity contribution in [1.29, 1.82) is 0 Å². The maximum absolute atomic E-state index is 11.6. The monoisotopic (exact) mass is 293 g/mol. The summed E-state index contributed by atoms with van der Waals surface area (Å²) < 4.78 is 0. The number of nitrogens with zero attached hydrogens (tertiary/aromatic N) is 3. The first-order chi connectivity index (χ1) is 9.89. The number of pyridine rings is 1. The van der Waals surface area contributed by atoms with Gasteiger partial charge < -0.3 is 10.0 Å². The molecule has 1 unspecified atom stereocenters. The normalized spacial score (nSPS) is 21.5. The fraction of sp³-hybridized carbons (Fsp3) is 0.571. The Morgan fingerprint density at radius 1 is 1.62 bits per heavy atom. The number of carboxylic acid groups (broad SMARTS) is 1. The van der Waals surface area contributed by atoms with Crippen LogP contribution in [0.3, 0.4) is 0 Å². The van der Waals surface area contributed by atoms with Gasteiger partial charge in [0.1, 0.15) is 12.0 Å². The van der Waals surface area contributed by atoms with Gasteiger partial charge in [-0.1, -0.05) is 13.3 Å². The molecule has 0 spiro atoms. The van der Waals surface area contributed by atoms with Gasteiger partial charge in [0.05, 0.1) is 10.3 Å². The standard InChI is InChI=1S/C14H19N3O4/c1-3-4-14(13(18)19)5-6-16(9-14)12-10(2)7-11(8-15-12)17(20)21/h7-8H,3-6,9H2,1-2H3,(H,18,19). The van der Waals surface area contributed by atoms with Gasteiger partial charge >= 0.3 is 5.97 Å². The Balaban J connectivity index is 2.25. The van der Waals surface area contributed by atoms with Crippen LogP contribution < -0.4 is 4.90 Å². The zero-order valence-electron chi connectivity index (χ0n) is 12.2. The Morgan fingerprint density at radius 2 is 2.33 bits per heavy atom. The fourth-order valence-corrected chi connectivity index (χ4v) is 3.00. The Morgan fingerprint density at radius 3 is 2.86 bits per heavy atom. The van der Waals surface area contributed by atoms with Crippen molar-refractivity contribution >= 4 is 17.5 Å². The predicted molar refractivity (Wildman–Crippen MR) is 77.4 cm³/mol. The van der Waals surface area contributed by atoms with Crippen LogP contribution in [-0.2, 0) is 4.79 Å². The van der Waals surface area contributed by atoms with Crippen molar-refractivity contribution in [3.05, 3.63) is 27.9 Å². The number of aromatic nitrogens is 1. The fourth-order valence-electron chi connectivity index (χ4n) is 3.00. The molecule has 0 aromatic carbocycles. The number of nitro groups is 1. The van der Waals surface area contributed by atoms with Crippen molar-refractivity contribution in [3.63, 3.8) is 0 Å². The molecule has 0 aliphatic carbocycles. The van der Waals surface area contributed by atoms with E-state index >= 15 is 0 Å². The van der Waals surface area contributed by atoms with Crippen LogP contribution in [0.15, 0.2) is 12.3 Å². The van der Waals surface area contributed by atoms with E-state index in [-0.39, 0.29) is 5.69 Å². The quantitative estimate of drug-likeness (QED) is 0.661. The summed E-state index contributed by atoms with van der Waals surface area (Å²) >= 11 is 0. The summed E-state index contributed by atoms with van der Waals surface area (Å²) in [5.74, 6) is -0.133. The van der Waals surface area contributed by atoms with E-state index < -0.39 is 16.3 Å². The van der Waals surface area contributed by atoms with E-state index in [1.807, 2.05) is 11.8 Å². The average molecular weight is 293 g/mol. The third-order valence-corrected chi connectivity index (χ3v) is 4.08. The molecule has 1 aromatic heterocycles. The number of aliphatic carboxylic acids is 1. The smallest absolute Gasteiger partial charge is 0.311 e. The summed E-state index contributed by atoms with van der Waals surface area (Å²) in [6.45, 7) is 4.75. The van der Waals surface area contributed by atoms with Gasteiger partial charge in [0.25, 0.3) is 5.69 Å². The number of carboxylic acids is 1. The number of aryl methyl sites for hydroxylation is 1. The van der Waals surface area contributed by atoms with Crippen LogP contribution in [0.4, 0.5) is 11.5 Å². The van der Waals surface area contributed by atoms with Crippen molar-refractivity contribution in [2.75, 3.05) is 18.0 Å². The SMILES string of the molecule is CCCC1(C(=O)O)CCN(c2ncc([N+](=O)[O-])cc2C)C1. The number of hydrogen-bond donors (Lipinski definition) is 1. The molecule has 21 heavy (non-hydrogen) atoms. The molecule has 7 nitrogen and oxygen atoms in total. The van der Waals surface area contributed by atoms with Crippen LogP contribution in [0, 0.1) is 22.5 Å². The highest BCUT2D eigenvalue weighted by atomic mass is 16.6. The third kappa shape index (κ3) is 2.81. The van der Waals surface area contributed by atoms with E-state index in [9.17, 15) is 20.0 Å². The van der Waals surface area contributed by atoms with Crippen LogP contribution in [0.5, 0.6) is 0 Å². The summed E-state index contributed by atoms with van der Waals surface area (Å²) in [6.07, 6.45) is 3.24. The van der Waals surface area contributed by atoms with Gasteiger partial charge in [-0.15, -0.1) is 0 Å². The first kappa shape index (κ1) is 15.2. The van der Waals surface area contributed by atoms with Gasteiger partial charge in [-0.05, 0) is 25.3 Å². The largest absolute Gasteiger partial charge is 0.481 e. The zero-order valence-corrected chi connectivity index (χ0v) is 12.2. The Kier molecular flexibility index (Phi) is 4.11. The first-order valence-electron chi connectivity index (χ1n) is 6.99. The molecule has 1 atom stereocenters. The Hall–Kier alpha value is -2.18. The molecule has 1 N–H and O–H groups in total. The second kappa shape index (κ2) is 5.67. The molecule has 2 rings (SSSR count). The van der Waals surface area contributed by atoms with Crippen molar-refractivity contribution < 1.29 is 14.8 Å². The molecule has 0 radical (unpaired) electrons. The van der Waals surface area contributed by atoms with Crippen molar-refractivity contribution in [3.8, 4) is 0 Å². The van der Waals surface area contributed by atoms with Crippen LogP contribution in [-0.4, -0.2) is 34.1 Å². The van der Waals surface area contributed by atoms with E-state index in [2.05, 4.69) is 4.98 Å². The maximum atomic E-state index is 11.6. The lowest BCUT2D eigenvalue weighted by atomic mass is 9.83. The van der Waals surface area contributed by atoms with Crippen molar-refractivity contribution in [2.24, 2.45) is 5.41 Å². The molecule has 1 aliphatic rings. The van der Waals surface area contributed by atoms with Gasteiger partial charge in [-0.3, -0.25) is 14.9 Å². The maximum Gasteiger partial charge on any atom is 0.311 e. The zero-order chi connectivity index (χ0) is 15.6. The van der Waals surface area contributed by atoms with Gasteiger partial charge in [0.15, 0.2) is 0 Å². The molecule has 114 valence electrons. The molecule has 1 aliphatic heterocycles. The topological polar surface area (TPSA) is 96.6 Å². The van der Waals surface area contributed by atoms with Crippen LogP contribution in [0.2, 0.25) is 0 Å². The molecule has 1 aromatic rings. The molecule has 0 saturated carbocycles. The molecule has 0 amide bonds. The summed E-state index contributed by atoms with van der Waals surface area (Å²) in [5, 5.41) is 20.2. The number of rotatable bonds is 5. The molecular formula is C14H19N3O4. The van der Waals surface area contributed by atoms with E-state index in [0.717, 1.165) is 6.42 Å². The highest BCUT2D eigenvalue weighted by Gasteiger charge is 2.44. The van der Waals surface area contributed by atoms with Gasteiger partial charge in [-0.2, -0.15) is 0 Å².